The van der Waals surface area contributed by atoms with Crippen molar-refractivity contribution in [3.63, 3.8) is 0 Å². The van der Waals surface area contributed by atoms with Crippen LogP contribution in [0.3, 0.4) is 0 Å². The predicted molar refractivity (Wildman–Crippen MR) is 62.2 cm³/mol. The minimum atomic E-state index is 0.801. The van der Waals surface area contributed by atoms with E-state index in [2.05, 4.69) is 17.6 Å². The lowest BCUT2D eigenvalue weighted by molar-refractivity contribution is 0.411. The monoisotopic (exact) mass is 199 g/mol. The van der Waals surface area contributed by atoms with Gasteiger partial charge in [0, 0.05) is 17.1 Å². The molecule has 0 unspecified atom stereocenters. The number of aromatic nitrogens is 1. The lowest BCUT2D eigenvalue weighted by Gasteiger charge is -2.08. The summed E-state index contributed by atoms with van der Waals surface area (Å²) in [6.07, 6.45) is 4.47. The van der Waals surface area contributed by atoms with Crippen LogP contribution in [0.15, 0.2) is 43.1 Å². The minimum absolute atomic E-state index is 0.801. The van der Waals surface area contributed by atoms with Crippen LogP contribution in [0.4, 0.5) is 0 Å². The molecule has 0 amide bonds. The third kappa shape index (κ3) is 1.84. The number of ether oxygens (including phenoxy) is 1. The van der Waals surface area contributed by atoms with E-state index in [1.807, 2.05) is 24.3 Å². The van der Waals surface area contributed by atoms with Crippen molar-refractivity contribution in [2.45, 2.75) is 6.42 Å². The van der Waals surface area contributed by atoms with Gasteiger partial charge in [0.2, 0.25) is 0 Å². The second-order valence-electron chi connectivity index (χ2n) is 3.35. The van der Waals surface area contributed by atoms with Crippen molar-refractivity contribution >= 4 is 10.9 Å². The zero-order chi connectivity index (χ0) is 10.7. The molecule has 0 radical (unpaired) electrons. The molecule has 2 aromatic rings. The van der Waals surface area contributed by atoms with Crippen molar-refractivity contribution in [1.82, 2.24) is 4.98 Å². The van der Waals surface area contributed by atoms with Gasteiger partial charge in [0.15, 0.2) is 0 Å². The van der Waals surface area contributed by atoms with Gasteiger partial charge in [0.1, 0.15) is 5.75 Å². The molecule has 0 atom stereocenters. The van der Waals surface area contributed by atoms with Gasteiger partial charge in [-0.3, -0.25) is 4.98 Å². The molecule has 0 spiro atoms. The maximum atomic E-state index is 5.33. The number of nitrogens with zero attached hydrogens (tertiary/aromatic N) is 1. The first-order chi connectivity index (χ1) is 7.35. The van der Waals surface area contributed by atoms with Gasteiger partial charge in [0.25, 0.3) is 0 Å². The van der Waals surface area contributed by atoms with Crippen molar-refractivity contribution < 1.29 is 4.74 Å². The molecule has 2 heteroatoms. The summed E-state index contributed by atoms with van der Waals surface area (Å²) in [5.41, 5.74) is 2.12. The Kier molecular flexibility index (Phi) is 2.68. The fraction of sp³-hybridized carbons (Fsp3) is 0.154. The maximum absolute atomic E-state index is 5.33. The zero-order valence-corrected chi connectivity index (χ0v) is 8.73. The highest BCUT2D eigenvalue weighted by molar-refractivity contribution is 5.81. The van der Waals surface area contributed by atoms with Crippen molar-refractivity contribution in [3.8, 4) is 5.75 Å². The van der Waals surface area contributed by atoms with Gasteiger partial charge in [-0.05, 0) is 24.6 Å². The first-order valence-corrected chi connectivity index (χ1v) is 4.87. The number of fused-ring (bicyclic) bond motifs is 1. The topological polar surface area (TPSA) is 22.1 Å². The SMILES string of the molecule is C=CCc1cc2ncccc2cc1OC. The number of benzene rings is 1. The lowest BCUT2D eigenvalue weighted by atomic mass is 10.1. The van der Waals surface area contributed by atoms with E-state index >= 15 is 0 Å². The summed E-state index contributed by atoms with van der Waals surface area (Å²) < 4.78 is 5.33. The van der Waals surface area contributed by atoms with Crippen molar-refractivity contribution in [3.05, 3.63) is 48.7 Å². The average molecular weight is 199 g/mol. The Morgan fingerprint density at radius 3 is 3.07 bits per heavy atom. The van der Waals surface area contributed by atoms with E-state index < -0.39 is 0 Å². The molecular formula is C13H13NO. The minimum Gasteiger partial charge on any atom is -0.496 e. The number of rotatable bonds is 3. The van der Waals surface area contributed by atoms with Gasteiger partial charge in [-0.25, -0.2) is 0 Å². The first-order valence-electron chi connectivity index (χ1n) is 4.87. The molecule has 0 bridgehead atoms. The van der Waals surface area contributed by atoms with E-state index in [0.29, 0.717) is 0 Å². The highest BCUT2D eigenvalue weighted by Gasteiger charge is 2.04. The quantitative estimate of drug-likeness (QED) is 0.709. The van der Waals surface area contributed by atoms with Gasteiger partial charge in [-0.15, -0.1) is 6.58 Å². The normalized spacial score (nSPS) is 10.2. The van der Waals surface area contributed by atoms with E-state index in [9.17, 15) is 0 Å². The highest BCUT2D eigenvalue weighted by atomic mass is 16.5. The van der Waals surface area contributed by atoms with E-state index in [1.165, 1.54) is 0 Å². The molecule has 1 aromatic heterocycles. The van der Waals surface area contributed by atoms with Gasteiger partial charge in [-0.2, -0.15) is 0 Å². The van der Waals surface area contributed by atoms with Crippen LogP contribution in [0.1, 0.15) is 5.56 Å². The summed E-state index contributed by atoms with van der Waals surface area (Å²) in [4.78, 5) is 4.31. The largest absolute Gasteiger partial charge is 0.496 e. The third-order valence-electron chi connectivity index (χ3n) is 2.37. The Hall–Kier alpha value is -1.83. The Balaban J connectivity index is 2.63. The van der Waals surface area contributed by atoms with Gasteiger partial charge >= 0.3 is 0 Å². The Morgan fingerprint density at radius 2 is 2.33 bits per heavy atom. The first kappa shape index (κ1) is 9.71. The highest BCUT2D eigenvalue weighted by Crippen LogP contribution is 2.25. The molecule has 0 N–H and O–H groups in total. The molecule has 0 aliphatic rings. The van der Waals surface area contributed by atoms with E-state index in [1.54, 1.807) is 13.3 Å². The van der Waals surface area contributed by atoms with Crippen molar-refractivity contribution in [2.75, 3.05) is 7.11 Å². The Labute approximate surface area is 89.2 Å². The molecule has 0 aliphatic carbocycles. The molecule has 2 nitrogen and oxygen atoms in total. The molecule has 0 saturated carbocycles. The van der Waals surface area contributed by atoms with Crippen LogP contribution < -0.4 is 4.74 Å². The molecule has 0 saturated heterocycles. The van der Waals surface area contributed by atoms with Gasteiger partial charge < -0.3 is 4.74 Å². The van der Waals surface area contributed by atoms with Crippen LogP contribution in [-0.4, -0.2) is 12.1 Å². The van der Waals surface area contributed by atoms with Crippen LogP contribution in [0, 0.1) is 0 Å². The van der Waals surface area contributed by atoms with Gasteiger partial charge in [0.05, 0.1) is 12.6 Å². The molecule has 0 aliphatic heterocycles. The summed E-state index contributed by atoms with van der Waals surface area (Å²) >= 11 is 0. The van der Waals surface area contributed by atoms with Crippen LogP contribution in [0.5, 0.6) is 5.75 Å². The van der Waals surface area contributed by atoms with E-state index in [-0.39, 0.29) is 0 Å². The summed E-state index contributed by atoms with van der Waals surface area (Å²) in [6.45, 7) is 3.74. The average Bonchev–Trinajstić information content (AvgIpc) is 2.28. The lowest BCUT2D eigenvalue weighted by Crippen LogP contribution is -1.91. The molecule has 15 heavy (non-hydrogen) atoms. The fourth-order valence-electron chi connectivity index (χ4n) is 1.65. The second kappa shape index (κ2) is 4.13. The third-order valence-corrected chi connectivity index (χ3v) is 2.37. The predicted octanol–water partition coefficient (Wildman–Crippen LogP) is 2.97. The fourth-order valence-corrected chi connectivity index (χ4v) is 1.65. The summed E-state index contributed by atoms with van der Waals surface area (Å²) in [5.74, 6) is 0.899. The Bertz CT molecular complexity index is 491. The number of pyridine rings is 1. The standard InChI is InChI=1S/C13H13NO/c1-3-5-11-8-12-10(6-4-7-14-12)9-13(11)15-2/h3-4,6-9H,1,5H2,2H3. The molecule has 76 valence electrons. The van der Waals surface area contributed by atoms with Gasteiger partial charge in [-0.1, -0.05) is 12.1 Å². The molecule has 0 fully saturated rings. The number of allylic oxidation sites excluding steroid dienone is 1. The van der Waals surface area contributed by atoms with Crippen molar-refractivity contribution in [2.24, 2.45) is 0 Å². The second-order valence-corrected chi connectivity index (χ2v) is 3.35. The number of hydrogen-bond donors (Lipinski definition) is 0. The molecular weight excluding hydrogens is 186 g/mol. The summed E-state index contributed by atoms with van der Waals surface area (Å²) in [6, 6.07) is 8.02. The smallest absolute Gasteiger partial charge is 0.123 e. The van der Waals surface area contributed by atoms with Crippen LogP contribution in [0.2, 0.25) is 0 Å². The number of methoxy groups -OCH3 is 1. The van der Waals surface area contributed by atoms with E-state index in [0.717, 1.165) is 28.6 Å². The van der Waals surface area contributed by atoms with E-state index in [4.69, 9.17) is 4.74 Å². The zero-order valence-electron chi connectivity index (χ0n) is 8.73. The van der Waals surface area contributed by atoms with Crippen LogP contribution in [0.25, 0.3) is 10.9 Å². The Morgan fingerprint density at radius 1 is 1.47 bits per heavy atom. The number of hydrogen-bond acceptors (Lipinski definition) is 2. The van der Waals surface area contributed by atoms with Crippen molar-refractivity contribution in [1.29, 1.82) is 0 Å². The molecule has 1 heterocycles. The van der Waals surface area contributed by atoms with Crippen LogP contribution >= 0.6 is 0 Å². The molecule has 1 aromatic carbocycles. The summed E-state index contributed by atoms with van der Waals surface area (Å²) in [5, 5.41) is 1.10. The summed E-state index contributed by atoms with van der Waals surface area (Å²) in [7, 11) is 1.68. The molecule has 2 rings (SSSR count). The maximum Gasteiger partial charge on any atom is 0.123 e. The van der Waals surface area contributed by atoms with Crippen LogP contribution in [-0.2, 0) is 6.42 Å².